The molecule has 0 bridgehead atoms. The van der Waals surface area contributed by atoms with Crippen LogP contribution in [-0.4, -0.2) is 49.8 Å². The molecule has 1 rings (SSSR count). The van der Waals surface area contributed by atoms with Crippen LogP contribution in [0.4, 0.5) is 0 Å². The van der Waals surface area contributed by atoms with Gasteiger partial charge in [-0.25, -0.2) is 4.79 Å². The Morgan fingerprint density at radius 2 is 1.22 bits per heavy atom. The second-order valence-corrected chi connectivity index (χ2v) is 9.69. The largest absolute Gasteiger partial charge is 0.613 e. The third-order valence-corrected chi connectivity index (χ3v) is 6.58. The number of esters is 1. The number of benzene rings is 1. The zero-order valence-corrected chi connectivity index (χ0v) is 24.8. The van der Waals surface area contributed by atoms with Gasteiger partial charge in [-0.05, 0) is 50.3 Å². The third-order valence-electron chi connectivity index (χ3n) is 6.58. The first-order valence-corrected chi connectivity index (χ1v) is 14.6. The lowest BCUT2D eigenvalue weighted by Crippen LogP contribution is -2.50. The molecule has 0 fully saturated rings. The first-order chi connectivity index (χ1) is 17.9. The Morgan fingerprint density at radius 1 is 0.784 bits per heavy atom. The molecular formula is C32H55NO4. The minimum Gasteiger partial charge on any atom is -0.613 e. The molecule has 0 saturated carbocycles. The van der Waals surface area contributed by atoms with Gasteiger partial charge >= 0.3 is 5.97 Å². The molecule has 0 aromatic heterocycles. The van der Waals surface area contributed by atoms with Crippen LogP contribution in [0.5, 0.6) is 0 Å². The van der Waals surface area contributed by atoms with Crippen LogP contribution in [0.25, 0.3) is 6.08 Å². The lowest BCUT2D eigenvalue weighted by atomic mass is 10.0. The number of unbranched alkanes of at least 4 members (excludes halogenated alkanes) is 4. The van der Waals surface area contributed by atoms with Crippen molar-refractivity contribution in [3.8, 4) is 0 Å². The average molecular weight is 518 g/mol. The number of carbonyl (C=O) groups excluding carboxylic acids is 1. The zero-order valence-electron chi connectivity index (χ0n) is 24.8. The van der Waals surface area contributed by atoms with E-state index in [0.29, 0.717) is 0 Å². The highest BCUT2D eigenvalue weighted by Gasteiger charge is 2.24. The minimum absolute atomic E-state index is 0.0139. The summed E-state index contributed by atoms with van der Waals surface area (Å²) in [6, 6.07) is 7.43. The molecule has 1 aromatic rings. The Labute approximate surface area is 228 Å². The van der Waals surface area contributed by atoms with Crippen molar-refractivity contribution >= 4 is 12.0 Å². The molecular weight excluding hydrogens is 462 g/mol. The molecule has 37 heavy (non-hydrogen) atoms. The summed E-state index contributed by atoms with van der Waals surface area (Å²) in [6.45, 7) is 22.5. The van der Waals surface area contributed by atoms with Gasteiger partial charge in [-0.1, -0.05) is 97.2 Å². The molecule has 0 aliphatic carbocycles. The van der Waals surface area contributed by atoms with E-state index in [9.17, 15) is 9.90 Å². The fourth-order valence-corrected chi connectivity index (χ4v) is 4.28. The second kappa shape index (κ2) is 21.8. The Bertz CT molecular complexity index is 717. The number of carbonyl (C=O) groups is 1. The SMILES string of the molecule is C=Cc1ccc(CC(C(=O)OCC)=C([O-])OCC)cc1.CCCC[N+](CCCC)(CCCC)CCCC. The van der Waals surface area contributed by atoms with Crippen LogP contribution in [0.15, 0.2) is 42.4 Å². The predicted molar refractivity (Wildman–Crippen MR) is 155 cm³/mol. The molecule has 212 valence electrons. The Kier molecular flexibility index (Phi) is 20.4. The summed E-state index contributed by atoms with van der Waals surface area (Å²) in [6.07, 6.45) is 13.0. The molecule has 0 radical (unpaired) electrons. The summed E-state index contributed by atoms with van der Waals surface area (Å²) in [5, 5.41) is 11.8. The van der Waals surface area contributed by atoms with E-state index in [1.807, 2.05) is 24.3 Å². The van der Waals surface area contributed by atoms with Gasteiger partial charge in [-0.3, -0.25) is 0 Å². The highest BCUT2D eigenvalue weighted by Crippen LogP contribution is 2.17. The Balaban J connectivity index is 0.000000712. The monoisotopic (exact) mass is 517 g/mol. The summed E-state index contributed by atoms with van der Waals surface area (Å²) in [4.78, 5) is 11.8. The van der Waals surface area contributed by atoms with E-state index >= 15 is 0 Å². The van der Waals surface area contributed by atoms with Crippen LogP contribution >= 0.6 is 0 Å². The molecule has 0 atom stereocenters. The van der Waals surface area contributed by atoms with Crippen LogP contribution in [0.2, 0.25) is 0 Å². The fourth-order valence-electron chi connectivity index (χ4n) is 4.28. The Hall–Kier alpha value is -2.27. The summed E-state index contributed by atoms with van der Waals surface area (Å²) in [7, 11) is 0. The van der Waals surface area contributed by atoms with Crippen molar-refractivity contribution in [1.82, 2.24) is 0 Å². The van der Waals surface area contributed by atoms with Gasteiger partial charge in [0.2, 0.25) is 0 Å². The van der Waals surface area contributed by atoms with E-state index in [0.717, 1.165) is 11.1 Å². The number of hydrogen-bond acceptors (Lipinski definition) is 4. The average Bonchev–Trinajstić information content (AvgIpc) is 2.91. The van der Waals surface area contributed by atoms with Crippen LogP contribution < -0.4 is 5.11 Å². The third kappa shape index (κ3) is 14.9. The number of hydrogen-bond donors (Lipinski definition) is 0. The van der Waals surface area contributed by atoms with E-state index in [2.05, 4.69) is 34.3 Å². The van der Waals surface area contributed by atoms with Gasteiger partial charge in [0, 0.05) is 6.42 Å². The van der Waals surface area contributed by atoms with Crippen molar-refractivity contribution in [2.24, 2.45) is 0 Å². The molecule has 0 amide bonds. The van der Waals surface area contributed by atoms with Gasteiger partial charge in [0.25, 0.3) is 0 Å². The smallest absolute Gasteiger partial charge is 0.336 e. The van der Waals surface area contributed by atoms with Crippen molar-refractivity contribution in [2.45, 2.75) is 99.3 Å². The first kappa shape index (κ1) is 34.7. The topological polar surface area (TPSA) is 58.6 Å². The van der Waals surface area contributed by atoms with Crippen molar-refractivity contribution < 1.29 is 23.9 Å². The van der Waals surface area contributed by atoms with E-state index in [1.165, 1.54) is 82.0 Å². The molecule has 5 nitrogen and oxygen atoms in total. The highest BCUT2D eigenvalue weighted by atomic mass is 16.6. The van der Waals surface area contributed by atoms with Gasteiger partial charge < -0.3 is 19.1 Å². The van der Waals surface area contributed by atoms with E-state index in [4.69, 9.17) is 9.47 Å². The molecule has 0 aliphatic rings. The minimum atomic E-state index is -0.626. The quantitative estimate of drug-likeness (QED) is 0.0854. The van der Waals surface area contributed by atoms with E-state index < -0.39 is 11.9 Å². The lowest BCUT2D eigenvalue weighted by molar-refractivity contribution is -0.929. The summed E-state index contributed by atoms with van der Waals surface area (Å²) >= 11 is 0. The standard InChI is InChI=1S/C16H36N.C16H20O4/c1-5-9-13-17(14-10-6-2,15-11-7-3)16-12-8-4;1-4-12-7-9-13(10-8-12)11-14(15(17)19-5-2)16(18)20-6-3/h5-16H2,1-4H3;4,7-10,17H,1,5-6,11H2,2-3H3/q+1;/p-1. The normalized spacial score (nSPS) is 11.7. The van der Waals surface area contributed by atoms with Gasteiger partial charge in [0.15, 0.2) is 0 Å². The molecule has 0 spiro atoms. The van der Waals surface area contributed by atoms with Crippen molar-refractivity contribution in [3.63, 3.8) is 0 Å². The molecule has 0 saturated heterocycles. The number of nitrogens with zero attached hydrogens (tertiary/aromatic N) is 1. The summed E-state index contributed by atoms with van der Waals surface area (Å²) < 4.78 is 11.2. The van der Waals surface area contributed by atoms with Gasteiger partial charge in [0.1, 0.15) is 0 Å². The van der Waals surface area contributed by atoms with Gasteiger partial charge in [-0.2, -0.15) is 0 Å². The maximum absolute atomic E-state index is 11.8. The maximum Gasteiger partial charge on any atom is 0.336 e. The van der Waals surface area contributed by atoms with Gasteiger partial charge in [0.05, 0.1) is 44.3 Å². The van der Waals surface area contributed by atoms with Gasteiger partial charge in [-0.15, -0.1) is 0 Å². The van der Waals surface area contributed by atoms with Crippen molar-refractivity contribution in [2.75, 3.05) is 39.4 Å². The maximum atomic E-state index is 11.8. The van der Waals surface area contributed by atoms with E-state index in [1.54, 1.807) is 19.9 Å². The molecule has 1 aromatic carbocycles. The molecule has 0 aliphatic heterocycles. The van der Waals surface area contributed by atoms with Crippen LogP contribution in [-0.2, 0) is 20.7 Å². The molecule has 5 heteroatoms. The van der Waals surface area contributed by atoms with Crippen molar-refractivity contribution in [3.05, 3.63) is 53.5 Å². The fraction of sp³-hybridized carbons (Fsp3) is 0.656. The molecule has 0 unspecified atom stereocenters. The molecule has 0 heterocycles. The van der Waals surface area contributed by atoms with E-state index in [-0.39, 0.29) is 25.2 Å². The van der Waals surface area contributed by atoms with Crippen LogP contribution in [0, 0.1) is 0 Å². The summed E-state index contributed by atoms with van der Waals surface area (Å²) in [5.41, 5.74) is 1.83. The van der Waals surface area contributed by atoms with Crippen LogP contribution in [0.3, 0.4) is 0 Å². The Morgan fingerprint density at radius 3 is 1.57 bits per heavy atom. The predicted octanol–water partition coefficient (Wildman–Crippen LogP) is 7.05. The lowest BCUT2D eigenvalue weighted by Gasteiger charge is -2.39. The zero-order chi connectivity index (χ0) is 27.9. The highest BCUT2D eigenvalue weighted by molar-refractivity contribution is 5.89. The summed E-state index contributed by atoms with van der Waals surface area (Å²) in [5.74, 6) is -1.25. The number of quaternary nitrogens is 1. The number of rotatable bonds is 19. The van der Waals surface area contributed by atoms with Crippen LogP contribution in [0.1, 0.15) is 104 Å². The second-order valence-electron chi connectivity index (χ2n) is 9.69. The molecule has 0 N–H and O–H groups in total. The van der Waals surface area contributed by atoms with Crippen molar-refractivity contribution in [1.29, 1.82) is 0 Å². The first-order valence-electron chi connectivity index (χ1n) is 14.6. The number of ether oxygens (including phenoxy) is 2.